The Balaban J connectivity index is 1.70. The fourth-order valence-electron chi connectivity index (χ4n) is 2.22. The molecular weight excluding hydrogens is 228 g/mol. The summed E-state index contributed by atoms with van der Waals surface area (Å²) in [7, 11) is 0. The largest absolute Gasteiger partial charge is 0.383 e. The lowest BCUT2D eigenvalue weighted by Gasteiger charge is -2.14. The molecule has 0 bridgehead atoms. The molecule has 1 aliphatic rings. The molecule has 1 saturated heterocycles. The number of pyridine rings is 1. The van der Waals surface area contributed by atoms with Crippen molar-refractivity contribution in [3.05, 3.63) is 23.9 Å². The van der Waals surface area contributed by atoms with Gasteiger partial charge in [-0.15, -0.1) is 0 Å². The number of likely N-dealkylation sites (tertiary alicyclic amines) is 1. The number of amides is 1. The van der Waals surface area contributed by atoms with Gasteiger partial charge >= 0.3 is 0 Å². The van der Waals surface area contributed by atoms with Gasteiger partial charge in [0.15, 0.2) is 0 Å². The summed E-state index contributed by atoms with van der Waals surface area (Å²) in [5.74, 6) is 0.150. The Morgan fingerprint density at radius 1 is 1.44 bits per heavy atom. The second-order valence-electron chi connectivity index (χ2n) is 4.59. The van der Waals surface area contributed by atoms with Crippen molar-refractivity contribution < 1.29 is 4.79 Å². The highest BCUT2D eigenvalue weighted by Gasteiger charge is 2.11. The zero-order chi connectivity index (χ0) is 12.8. The Labute approximate surface area is 107 Å². The van der Waals surface area contributed by atoms with E-state index >= 15 is 0 Å². The summed E-state index contributed by atoms with van der Waals surface area (Å²) in [5, 5.41) is 2.88. The molecule has 1 fully saturated rings. The highest BCUT2D eigenvalue weighted by atomic mass is 16.1. The number of carbonyl (C=O) groups is 1. The molecule has 18 heavy (non-hydrogen) atoms. The lowest BCUT2D eigenvalue weighted by atomic mass is 10.2. The molecule has 5 nitrogen and oxygen atoms in total. The van der Waals surface area contributed by atoms with Crippen LogP contribution in [-0.2, 0) is 0 Å². The molecule has 0 aromatic carbocycles. The molecule has 98 valence electrons. The van der Waals surface area contributed by atoms with Crippen LogP contribution in [0.1, 0.15) is 29.6 Å². The van der Waals surface area contributed by atoms with E-state index in [9.17, 15) is 4.79 Å². The Hall–Kier alpha value is -1.62. The normalized spacial score (nSPS) is 15.8. The van der Waals surface area contributed by atoms with Gasteiger partial charge in [-0.2, -0.15) is 0 Å². The summed E-state index contributed by atoms with van der Waals surface area (Å²) in [4.78, 5) is 18.2. The SMILES string of the molecule is Nc1ncccc1C(=O)NCCCN1CCCC1. The van der Waals surface area contributed by atoms with E-state index in [4.69, 9.17) is 5.73 Å². The van der Waals surface area contributed by atoms with Crippen LogP contribution >= 0.6 is 0 Å². The molecule has 1 aromatic heterocycles. The number of aromatic nitrogens is 1. The minimum atomic E-state index is -0.137. The van der Waals surface area contributed by atoms with Crippen LogP contribution < -0.4 is 11.1 Å². The predicted octanol–water partition coefficient (Wildman–Crippen LogP) is 0.879. The first-order valence-electron chi connectivity index (χ1n) is 6.48. The summed E-state index contributed by atoms with van der Waals surface area (Å²) < 4.78 is 0. The second-order valence-corrected chi connectivity index (χ2v) is 4.59. The van der Waals surface area contributed by atoms with Gasteiger partial charge in [-0.05, 0) is 51.0 Å². The Bertz CT molecular complexity index is 402. The summed E-state index contributed by atoms with van der Waals surface area (Å²) in [6.45, 7) is 4.14. The highest BCUT2D eigenvalue weighted by molar-refractivity contribution is 5.98. The molecule has 2 heterocycles. The molecule has 5 heteroatoms. The van der Waals surface area contributed by atoms with Crippen molar-refractivity contribution in [3.8, 4) is 0 Å². The van der Waals surface area contributed by atoms with E-state index < -0.39 is 0 Å². The van der Waals surface area contributed by atoms with Crippen LogP contribution in [0.4, 0.5) is 5.82 Å². The van der Waals surface area contributed by atoms with E-state index in [0.717, 1.165) is 13.0 Å². The number of hydrogen-bond acceptors (Lipinski definition) is 4. The summed E-state index contributed by atoms with van der Waals surface area (Å²) in [5.41, 5.74) is 6.10. The Morgan fingerprint density at radius 2 is 2.22 bits per heavy atom. The maximum absolute atomic E-state index is 11.8. The summed E-state index contributed by atoms with van der Waals surface area (Å²) in [6.07, 6.45) is 5.17. The van der Waals surface area contributed by atoms with Crippen molar-refractivity contribution in [3.63, 3.8) is 0 Å². The van der Waals surface area contributed by atoms with Crippen LogP contribution in [0.5, 0.6) is 0 Å². The quantitative estimate of drug-likeness (QED) is 0.759. The van der Waals surface area contributed by atoms with E-state index in [1.54, 1.807) is 18.3 Å². The third kappa shape index (κ3) is 3.43. The third-order valence-corrected chi connectivity index (χ3v) is 3.22. The van der Waals surface area contributed by atoms with Gasteiger partial charge in [-0.1, -0.05) is 0 Å². The predicted molar refractivity (Wildman–Crippen MR) is 71.3 cm³/mol. The fourth-order valence-corrected chi connectivity index (χ4v) is 2.22. The summed E-state index contributed by atoms with van der Waals surface area (Å²) in [6, 6.07) is 3.41. The Kier molecular flexibility index (Phi) is 4.52. The fraction of sp³-hybridized carbons (Fsp3) is 0.538. The number of nitrogen functional groups attached to an aromatic ring is 1. The van der Waals surface area contributed by atoms with Crippen LogP contribution in [0.25, 0.3) is 0 Å². The molecule has 0 unspecified atom stereocenters. The topological polar surface area (TPSA) is 71.2 Å². The number of carbonyl (C=O) groups excluding carboxylic acids is 1. The van der Waals surface area contributed by atoms with Crippen LogP contribution in [0, 0.1) is 0 Å². The van der Waals surface area contributed by atoms with Crippen molar-refractivity contribution in [2.45, 2.75) is 19.3 Å². The maximum atomic E-state index is 11.8. The molecule has 1 aromatic rings. The number of nitrogens with one attached hydrogen (secondary N) is 1. The molecule has 0 aliphatic carbocycles. The number of rotatable bonds is 5. The lowest BCUT2D eigenvalue weighted by Crippen LogP contribution is -2.29. The third-order valence-electron chi connectivity index (χ3n) is 3.22. The van der Waals surface area contributed by atoms with Gasteiger partial charge in [0, 0.05) is 12.7 Å². The van der Waals surface area contributed by atoms with Crippen molar-refractivity contribution >= 4 is 11.7 Å². The van der Waals surface area contributed by atoms with Gasteiger partial charge in [-0.3, -0.25) is 4.79 Å². The van der Waals surface area contributed by atoms with Gasteiger partial charge in [0.05, 0.1) is 5.56 Å². The van der Waals surface area contributed by atoms with E-state index in [-0.39, 0.29) is 11.7 Å². The average Bonchev–Trinajstić information content (AvgIpc) is 2.88. The molecule has 0 spiro atoms. The number of anilines is 1. The van der Waals surface area contributed by atoms with Gasteiger partial charge in [0.25, 0.3) is 5.91 Å². The maximum Gasteiger partial charge on any atom is 0.255 e. The van der Waals surface area contributed by atoms with Crippen LogP contribution in [0.15, 0.2) is 18.3 Å². The smallest absolute Gasteiger partial charge is 0.255 e. The molecule has 0 atom stereocenters. The van der Waals surface area contributed by atoms with Crippen LogP contribution in [0.3, 0.4) is 0 Å². The van der Waals surface area contributed by atoms with E-state index in [1.165, 1.54) is 25.9 Å². The van der Waals surface area contributed by atoms with E-state index in [1.807, 2.05) is 0 Å². The van der Waals surface area contributed by atoms with Gasteiger partial charge < -0.3 is 16.0 Å². The second kappa shape index (κ2) is 6.35. The van der Waals surface area contributed by atoms with Crippen molar-refractivity contribution in [2.75, 3.05) is 31.9 Å². The van der Waals surface area contributed by atoms with Crippen LogP contribution in [0.2, 0.25) is 0 Å². The van der Waals surface area contributed by atoms with Gasteiger partial charge in [0.2, 0.25) is 0 Å². The number of nitrogens with two attached hydrogens (primary N) is 1. The molecule has 0 radical (unpaired) electrons. The van der Waals surface area contributed by atoms with Crippen molar-refractivity contribution in [2.24, 2.45) is 0 Å². The molecule has 1 aliphatic heterocycles. The minimum Gasteiger partial charge on any atom is -0.383 e. The molecular formula is C13H20N4O. The van der Waals surface area contributed by atoms with E-state index in [2.05, 4.69) is 15.2 Å². The molecule has 1 amide bonds. The Morgan fingerprint density at radius 3 is 2.94 bits per heavy atom. The first-order valence-corrected chi connectivity index (χ1v) is 6.48. The standard InChI is InChI=1S/C13H20N4O/c14-12-11(5-3-6-15-12)13(18)16-7-4-10-17-8-1-2-9-17/h3,5-6H,1-2,4,7-10H2,(H2,14,15)(H,16,18). The zero-order valence-electron chi connectivity index (χ0n) is 10.6. The van der Waals surface area contributed by atoms with Crippen molar-refractivity contribution in [1.29, 1.82) is 0 Å². The number of hydrogen-bond donors (Lipinski definition) is 2. The average molecular weight is 248 g/mol. The first kappa shape index (κ1) is 12.8. The van der Waals surface area contributed by atoms with E-state index in [0.29, 0.717) is 12.1 Å². The first-order chi connectivity index (χ1) is 8.77. The highest BCUT2D eigenvalue weighted by Crippen LogP contribution is 2.08. The lowest BCUT2D eigenvalue weighted by molar-refractivity contribution is 0.0952. The number of nitrogens with zero attached hydrogens (tertiary/aromatic N) is 2. The minimum absolute atomic E-state index is 0.137. The zero-order valence-corrected chi connectivity index (χ0v) is 10.6. The van der Waals surface area contributed by atoms with Gasteiger partial charge in [-0.25, -0.2) is 4.98 Å². The van der Waals surface area contributed by atoms with Crippen molar-refractivity contribution in [1.82, 2.24) is 15.2 Å². The molecule has 3 N–H and O–H groups in total. The molecule has 0 saturated carbocycles. The monoisotopic (exact) mass is 248 g/mol. The van der Waals surface area contributed by atoms with Crippen LogP contribution in [-0.4, -0.2) is 42.0 Å². The van der Waals surface area contributed by atoms with Gasteiger partial charge in [0.1, 0.15) is 5.82 Å². The summed E-state index contributed by atoms with van der Waals surface area (Å²) >= 11 is 0. The molecule has 2 rings (SSSR count).